The maximum atomic E-state index is 12.6. The van der Waals surface area contributed by atoms with E-state index in [1.165, 1.54) is 18.2 Å². The van der Waals surface area contributed by atoms with Gasteiger partial charge in [-0.05, 0) is 55.7 Å². The first kappa shape index (κ1) is 19.4. The molecule has 0 spiro atoms. The van der Waals surface area contributed by atoms with Crippen LogP contribution >= 0.6 is 11.8 Å². The molecular weight excluding hydrogens is 386 g/mol. The van der Waals surface area contributed by atoms with Gasteiger partial charge in [0.25, 0.3) is 0 Å². The topological polar surface area (TPSA) is 73.1 Å². The fourth-order valence-electron chi connectivity index (χ4n) is 3.38. The number of carbonyl (C=O) groups excluding carboxylic acids is 1. The highest BCUT2D eigenvalue weighted by atomic mass is 32.2. The number of carbonyl (C=O) groups is 1. The average molecular weight is 410 g/mol. The monoisotopic (exact) mass is 409 g/mol. The van der Waals surface area contributed by atoms with Crippen molar-refractivity contribution >= 4 is 17.7 Å². The molecule has 29 heavy (non-hydrogen) atoms. The summed E-state index contributed by atoms with van der Waals surface area (Å²) in [6.07, 6.45) is 6.84. The van der Waals surface area contributed by atoms with E-state index in [-0.39, 0.29) is 5.91 Å². The molecular formula is C21H23N5O2S. The Kier molecular flexibility index (Phi) is 6.09. The van der Waals surface area contributed by atoms with Gasteiger partial charge in [0.2, 0.25) is 5.91 Å². The summed E-state index contributed by atoms with van der Waals surface area (Å²) in [5.74, 6) is 2.00. The largest absolute Gasteiger partial charge is 0.497 e. The van der Waals surface area contributed by atoms with Crippen molar-refractivity contribution in [3.8, 4) is 22.8 Å². The van der Waals surface area contributed by atoms with Gasteiger partial charge in [-0.15, -0.1) is 10.2 Å². The molecule has 2 aromatic heterocycles. The van der Waals surface area contributed by atoms with Crippen LogP contribution in [0, 0.1) is 0 Å². The molecule has 4 rings (SSSR count). The van der Waals surface area contributed by atoms with Crippen LogP contribution in [0.5, 0.6) is 5.75 Å². The fourth-order valence-corrected chi connectivity index (χ4v) is 4.23. The molecule has 3 aromatic rings. The first-order chi connectivity index (χ1) is 14.3. The number of ether oxygens (including phenoxy) is 1. The first-order valence-corrected chi connectivity index (χ1v) is 10.7. The third-order valence-corrected chi connectivity index (χ3v) is 5.85. The van der Waals surface area contributed by atoms with Crippen LogP contribution in [0.3, 0.4) is 0 Å². The highest BCUT2D eigenvalue weighted by molar-refractivity contribution is 7.99. The number of methoxy groups -OCH3 is 1. The Balaban J connectivity index is 1.62. The molecule has 1 amide bonds. The van der Waals surface area contributed by atoms with Crippen LogP contribution in [0.2, 0.25) is 0 Å². The average Bonchev–Trinajstić information content (AvgIpc) is 3.22. The van der Waals surface area contributed by atoms with Crippen molar-refractivity contribution in [2.75, 3.05) is 26.0 Å². The zero-order valence-electron chi connectivity index (χ0n) is 16.3. The summed E-state index contributed by atoms with van der Waals surface area (Å²) in [5, 5.41) is 9.47. The Morgan fingerprint density at radius 1 is 1.03 bits per heavy atom. The van der Waals surface area contributed by atoms with Crippen molar-refractivity contribution in [3.63, 3.8) is 0 Å². The molecule has 1 fully saturated rings. The molecule has 1 aliphatic rings. The third-order valence-electron chi connectivity index (χ3n) is 4.94. The number of benzene rings is 1. The van der Waals surface area contributed by atoms with E-state index >= 15 is 0 Å². The van der Waals surface area contributed by atoms with E-state index in [2.05, 4.69) is 15.2 Å². The lowest BCUT2D eigenvalue weighted by Crippen LogP contribution is -2.36. The number of aromatic nitrogens is 4. The van der Waals surface area contributed by atoms with Gasteiger partial charge in [0.1, 0.15) is 5.75 Å². The molecule has 3 heterocycles. The standard InChI is InChI=1S/C21H23N5O2S/c1-28-18-7-5-17(6-8-18)26-20(16-9-11-22-12-10-16)23-24-21(26)29-15-19(27)25-13-3-2-4-14-25/h5-12H,2-4,13-15H2,1H3. The van der Waals surface area contributed by atoms with Crippen LogP contribution in [-0.4, -0.2) is 56.5 Å². The number of piperidine rings is 1. The van der Waals surface area contributed by atoms with E-state index in [4.69, 9.17) is 4.74 Å². The van der Waals surface area contributed by atoms with Gasteiger partial charge in [0.05, 0.1) is 12.9 Å². The number of rotatable bonds is 6. The SMILES string of the molecule is COc1ccc(-n2c(SCC(=O)N3CCCCC3)nnc2-c2ccncc2)cc1. The fraction of sp³-hybridized carbons (Fsp3) is 0.333. The van der Waals surface area contributed by atoms with Gasteiger partial charge in [0, 0.05) is 36.7 Å². The zero-order chi connectivity index (χ0) is 20.1. The zero-order valence-corrected chi connectivity index (χ0v) is 17.1. The highest BCUT2D eigenvalue weighted by Crippen LogP contribution is 2.29. The molecule has 0 N–H and O–H groups in total. The molecule has 7 nitrogen and oxygen atoms in total. The van der Waals surface area contributed by atoms with E-state index in [1.54, 1.807) is 19.5 Å². The quantitative estimate of drug-likeness (QED) is 0.581. The first-order valence-electron chi connectivity index (χ1n) is 9.67. The van der Waals surface area contributed by atoms with Crippen molar-refractivity contribution in [1.29, 1.82) is 0 Å². The van der Waals surface area contributed by atoms with Crippen LogP contribution < -0.4 is 4.74 Å². The smallest absolute Gasteiger partial charge is 0.233 e. The van der Waals surface area contributed by atoms with Crippen molar-refractivity contribution in [2.45, 2.75) is 24.4 Å². The summed E-state index contributed by atoms with van der Waals surface area (Å²) in [7, 11) is 1.64. The van der Waals surface area contributed by atoms with Gasteiger partial charge < -0.3 is 9.64 Å². The summed E-state index contributed by atoms with van der Waals surface area (Å²) in [6.45, 7) is 1.71. The van der Waals surface area contributed by atoms with E-state index in [0.717, 1.165) is 42.9 Å². The molecule has 150 valence electrons. The highest BCUT2D eigenvalue weighted by Gasteiger charge is 2.20. The number of hydrogen-bond donors (Lipinski definition) is 0. The number of hydrogen-bond acceptors (Lipinski definition) is 6. The number of thioether (sulfide) groups is 1. The van der Waals surface area contributed by atoms with Gasteiger partial charge in [0.15, 0.2) is 11.0 Å². The van der Waals surface area contributed by atoms with Crippen molar-refractivity contribution in [3.05, 3.63) is 48.8 Å². The van der Waals surface area contributed by atoms with Crippen LogP contribution in [0.1, 0.15) is 19.3 Å². The summed E-state index contributed by atoms with van der Waals surface area (Å²) in [6, 6.07) is 11.5. The van der Waals surface area contributed by atoms with E-state index in [0.29, 0.717) is 16.7 Å². The number of amides is 1. The van der Waals surface area contributed by atoms with Crippen molar-refractivity contribution in [2.24, 2.45) is 0 Å². The van der Waals surface area contributed by atoms with Crippen molar-refractivity contribution in [1.82, 2.24) is 24.6 Å². The molecule has 0 radical (unpaired) electrons. The van der Waals surface area contributed by atoms with Crippen LogP contribution in [0.4, 0.5) is 0 Å². The number of likely N-dealkylation sites (tertiary alicyclic amines) is 1. The van der Waals surface area contributed by atoms with Gasteiger partial charge >= 0.3 is 0 Å². The Hall–Kier alpha value is -2.87. The Morgan fingerprint density at radius 3 is 2.45 bits per heavy atom. The van der Waals surface area contributed by atoms with Crippen LogP contribution in [-0.2, 0) is 4.79 Å². The van der Waals surface area contributed by atoms with Crippen molar-refractivity contribution < 1.29 is 9.53 Å². The lowest BCUT2D eigenvalue weighted by atomic mass is 10.1. The molecule has 1 saturated heterocycles. The Morgan fingerprint density at radius 2 is 1.76 bits per heavy atom. The third kappa shape index (κ3) is 4.42. The molecule has 8 heteroatoms. The minimum Gasteiger partial charge on any atom is -0.497 e. The van der Waals surface area contributed by atoms with Crippen LogP contribution in [0.15, 0.2) is 53.9 Å². The summed E-state index contributed by atoms with van der Waals surface area (Å²) < 4.78 is 7.25. The minimum absolute atomic E-state index is 0.157. The van der Waals surface area contributed by atoms with E-state index in [9.17, 15) is 4.79 Å². The molecule has 0 aliphatic carbocycles. The Labute approximate surface area is 174 Å². The normalized spacial score (nSPS) is 14.0. The molecule has 0 saturated carbocycles. The van der Waals surface area contributed by atoms with Crippen LogP contribution in [0.25, 0.3) is 17.1 Å². The molecule has 1 aromatic carbocycles. The van der Waals surface area contributed by atoms with Gasteiger partial charge in [-0.1, -0.05) is 11.8 Å². The minimum atomic E-state index is 0.157. The molecule has 1 aliphatic heterocycles. The predicted octanol–water partition coefficient (Wildman–Crippen LogP) is 3.44. The molecule has 0 bridgehead atoms. The Bertz CT molecular complexity index is 953. The summed E-state index contributed by atoms with van der Waals surface area (Å²) in [5.41, 5.74) is 1.83. The van der Waals surface area contributed by atoms with Gasteiger partial charge in [-0.2, -0.15) is 0 Å². The van der Waals surface area contributed by atoms with Gasteiger partial charge in [-0.25, -0.2) is 0 Å². The second-order valence-electron chi connectivity index (χ2n) is 6.81. The maximum absolute atomic E-state index is 12.6. The second-order valence-corrected chi connectivity index (χ2v) is 7.75. The number of pyridine rings is 1. The predicted molar refractivity (Wildman–Crippen MR) is 112 cm³/mol. The van der Waals surface area contributed by atoms with E-state index in [1.807, 2.05) is 45.9 Å². The number of nitrogens with zero attached hydrogens (tertiary/aromatic N) is 5. The van der Waals surface area contributed by atoms with Gasteiger partial charge in [-0.3, -0.25) is 14.3 Å². The summed E-state index contributed by atoms with van der Waals surface area (Å²) in [4.78, 5) is 18.6. The maximum Gasteiger partial charge on any atom is 0.233 e. The lowest BCUT2D eigenvalue weighted by molar-refractivity contribution is -0.129. The second kappa shape index (κ2) is 9.09. The lowest BCUT2D eigenvalue weighted by Gasteiger charge is -2.26. The van der Waals surface area contributed by atoms with E-state index < -0.39 is 0 Å². The molecule has 0 atom stereocenters. The summed E-state index contributed by atoms with van der Waals surface area (Å²) >= 11 is 1.42. The molecule has 0 unspecified atom stereocenters.